The molecule has 0 amide bonds. The molecular formula is C7H6Cl3NO. The predicted molar refractivity (Wildman–Crippen MR) is 52.4 cm³/mol. The lowest BCUT2D eigenvalue weighted by Crippen LogP contribution is -1.94. The van der Waals surface area contributed by atoms with Crippen molar-refractivity contribution in [2.24, 2.45) is 0 Å². The molecule has 2 nitrogen and oxygen atoms in total. The van der Waals surface area contributed by atoms with Crippen LogP contribution >= 0.6 is 34.8 Å². The van der Waals surface area contributed by atoms with E-state index in [0.717, 1.165) is 0 Å². The quantitative estimate of drug-likeness (QED) is 0.589. The van der Waals surface area contributed by atoms with Crippen LogP contribution in [0.1, 0.15) is 0 Å². The van der Waals surface area contributed by atoms with Crippen LogP contribution in [0.4, 0.5) is 5.69 Å². The van der Waals surface area contributed by atoms with Crippen LogP contribution in [0.5, 0.6) is 5.75 Å². The number of benzene rings is 1. The van der Waals surface area contributed by atoms with Gasteiger partial charge in [0.1, 0.15) is 0 Å². The molecule has 1 aromatic carbocycles. The minimum absolute atomic E-state index is 0.261. The standard InChI is InChI=1S/C7H6Cl3NO/c1-12-7-4(9)2-3(8)5(10)6(7)11/h2H,11H2,1H3. The maximum Gasteiger partial charge on any atom is 0.161 e. The fourth-order valence-electron chi connectivity index (χ4n) is 0.805. The molecule has 66 valence electrons. The Morgan fingerprint density at radius 2 is 1.83 bits per heavy atom. The third-order valence-corrected chi connectivity index (χ3v) is 2.45. The molecule has 0 fully saturated rings. The van der Waals surface area contributed by atoms with Crippen molar-refractivity contribution in [3.8, 4) is 5.75 Å². The molecule has 12 heavy (non-hydrogen) atoms. The van der Waals surface area contributed by atoms with Gasteiger partial charge in [0, 0.05) is 0 Å². The van der Waals surface area contributed by atoms with Gasteiger partial charge in [0.05, 0.1) is 27.9 Å². The van der Waals surface area contributed by atoms with Crippen LogP contribution in [0.25, 0.3) is 0 Å². The molecule has 0 aliphatic rings. The van der Waals surface area contributed by atoms with Crippen LogP contribution in [-0.2, 0) is 0 Å². The molecule has 0 spiro atoms. The SMILES string of the molecule is COc1c(Cl)cc(Cl)c(Cl)c1N. The lowest BCUT2D eigenvalue weighted by molar-refractivity contribution is 0.417. The fourth-order valence-corrected chi connectivity index (χ4v) is 1.50. The van der Waals surface area contributed by atoms with Gasteiger partial charge in [-0.3, -0.25) is 0 Å². The van der Waals surface area contributed by atoms with E-state index < -0.39 is 0 Å². The van der Waals surface area contributed by atoms with Crippen molar-refractivity contribution in [2.75, 3.05) is 12.8 Å². The summed E-state index contributed by atoms with van der Waals surface area (Å²) in [5, 5.41) is 0.933. The normalized spacial score (nSPS) is 10.0. The smallest absolute Gasteiger partial charge is 0.161 e. The monoisotopic (exact) mass is 225 g/mol. The maximum atomic E-state index is 5.76. The summed E-state index contributed by atoms with van der Waals surface area (Å²) in [6.45, 7) is 0. The lowest BCUT2D eigenvalue weighted by atomic mass is 10.3. The number of anilines is 1. The average molecular weight is 226 g/mol. The van der Waals surface area contributed by atoms with Crippen molar-refractivity contribution in [1.29, 1.82) is 0 Å². The molecule has 0 radical (unpaired) electrons. The van der Waals surface area contributed by atoms with E-state index >= 15 is 0 Å². The highest BCUT2D eigenvalue weighted by atomic mass is 35.5. The number of methoxy groups -OCH3 is 1. The molecule has 0 atom stereocenters. The fraction of sp³-hybridized carbons (Fsp3) is 0.143. The van der Waals surface area contributed by atoms with E-state index in [1.165, 1.54) is 13.2 Å². The highest BCUT2D eigenvalue weighted by molar-refractivity contribution is 6.45. The first-order valence-corrected chi connectivity index (χ1v) is 4.18. The zero-order valence-corrected chi connectivity index (χ0v) is 8.46. The summed E-state index contributed by atoms with van der Waals surface area (Å²) in [4.78, 5) is 0. The molecule has 0 aromatic heterocycles. The van der Waals surface area contributed by atoms with Gasteiger partial charge in [-0.05, 0) is 6.07 Å². The van der Waals surface area contributed by atoms with Crippen molar-refractivity contribution in [3.05, 3.63) is 21.1 Å². The molecule has 0 saturated heterocycles. The number of hydrogen-bond acceptors (Lipinski definition) is 2. The van der Waals surface area contributed by atoms with Crippen molar-refractivity contribution >= 4 is 40.5 Å². The van der Waals surface area contributed by atoms with Gasteiger partial charge in [0.25, 0.3) is 0 Å². The Morgan fingerprint density at radius 1 is 1.25 bits per heavy atom. The highest BCUT2D eigenvalue weighted by Gasteiger charge is 2.12. The second kappa shape index (κ2) is 3.60. The molecule has 0 heterocycles. The van der Waals surface area contributed by atoms with E-state index in [2.05, 4.69) is 0 Å². The van der Waals surface area contributed by atoms with Crippen molar-refractivity contribution in [3.63, 3.8) is 0 Å². The molecule has 0 aliphatic heterocycles. The molecule has 0 unspecified atom stereocenters. The van der Waals surface area contributed by atoms with Gasteiger partial charge in [-0.25, -0.2) is 0 Å². The van der Waals surface area contributed by atoms with Crippen LogP contribution in [0, 0.1) is 0 Å². The van der Waals surface area contributed by atoms with E-state index in [4.69, 9.17) is 45.3 Å². The average Bonchev–Trinajstić information content (AvgIpc) is 2.01. The topological polar surface area (TPSA) is 35.2 Å². The van der Waals surface area contributed by atoms with Gasteiger partial charge >= 0.3 is 0 Å². The zero-order chi connectivity index (χ0) is 9.30. The third-order valence-electron chi connectivity index (χ3n) is 1.37. The number of rotatable bonds is 1. The van der Waals surface area contributed by atoms with Gasteiger partial charge in [-0.2, -0.15) is 0 Å². The summed E-state index contributed by atoms with van der Waals surface area (Å²) in [5.41, 5.74) is 5.83. The van der Waals surface area contributed by atoms with Crippen molar-refractivity contribution in [1.82, 2.24) is 0 Å². The Bertz CT molecular complexity index is 314. The summed E-state index contributed by atoms with van der Waals surface area (Å²) in [6.07, 6.45) is 0. The number of ether oxygens (including phenoxy) is 1. The molecular weight excluding hydrogens is 220 g/mol. The second-order valence-electron chi connectivity index (χ2n) is 2.10. The molecule has 0 bridgehead atoms. The van der Waals surface area contributed by atoms with Crippen LogP contribution in [0.3, 0.4) is 0 Å². The van der Waals surface area contributed by atoms with Gasteiger partial charge in [0.15, 0.2) is 5.75 Å². The van der Waals surface area contributed by atoms with Crippen LogP contribution in [0.2, 0.25) is 15.1 Å². The minimum atomic E-state index is 0.261. The van der Waals surface area contributed by atoms with E-state index in [-0.39, 0.29) is 10.7 Å². The van der Waals surface area contributed by atoms with Gasteiger partial charge < -0.3 is 10.5 Å². The molecule has 1 aromatic rings. The number of nitrogens with two attached hydrogens (primary N) is 1. The lowest BCUT2D eigenvalue weighted by Gasteiger charge is -2.08. The summed E-state index contributed by atoms with van der Waals surface area (Å²) in [6, 6.07) is 1.49. The Balaban J connectivity index is 3.40. The molecule has 0 aliphatic carbocycles. The van der Waals surface area contributed by atoms with Gasteiger partial charge in [-0.1, -0.05) is 34.8 Å². The number of hydrogen-bond donors (Lipinski definition) is 1. The first kappa shape index (κ1) is 9.78. The largest absolute Gasteiger partial charge is 0.493 e. The maximum absolute atomic E-state index is 5.76. The van der Waals surface area contributed by atoms with E-state index in [9.17, 15) is 0 Å². The Kier molecular flexibility index (Phi) is 2.94. The molecule has 1 rings (SSSR count). The summed E-state index contributed by atoms with van der Waals surface area (Å²) in [7, 11) is 1.46. The molecule has 5 heteroatoms. The Morgan fingerprint density at radius 3 is 2.33 bits per heavy atom. The predicted octanol–water partition coefficient (Wildman–Crippen LogP) is 3.24. The third kappa shape index (κ3) is 1.56. The first-order chi connectivity index (χ1) is 5.57. The van der Waals surface area contributed by atoms with Crippen LogP contribution < -0.4 is 10.5 Å². The first-order valence-electron chi connectivity index (χ1n) is 3.05. The summed E-state index contributed by atoms with van der Waals surface area (Å²) < 4.78 is 4.91. The van der Waals surface area contributed by atoms with Crippen LogP contribution in [-0.4, -0.2) is 7.11 Å². The molecule has 2 N–H and O–H groups in total. The number of nitrogen functional groups attached to an aromatic ring is 1. The van der Waals surface area contributed by atoms with Gasteiger partial charge in [-0.15, -0.1) is 0 Å². The highest BCUT2D eigenvalue weighted by Crippen LogP contribution is 2.40. The van der Waals surface area contributed by atoms with Gasteiger partial charge in [0.2, 0.25) is 0 Å². The van der Waals surface area contributed by atoms with E-state index in [1.807, 2.05) is 0 Å². The second-order valence-corrected chi connectivity index (χ2v) is 3.29. The van der Waals surface area contributed by atoms with Crippen LogP contribution in [0.15, 0.2) is 6.07 Å². The minimum Gasteiger partial charge on any atom is -0.493 e. The zero-order valence-electron chi connectivity index (χ0n) is 6.20. The van der Waals surface area contributed by atoms with E-state index in [0.29, 0.717) is 15.8 Å². The Labute approximate surface area is 85.2 Å². The van der Waals surface area contributed by atoms with Crippen molar-refractivity contribution in [2.45, 2.75) is 0 Å². The Hall–Kier alpha value is -0.310. The van der Waals surface area contributed by atoms with Crippen molar-refractivity contribution < 1.29 is 4.74 Å². The summed E-state index contributed by atoms with van der Waals surface area (Å²) in [5.74, 6) is 0.353. The number of halogens is 3. The summed E-state index contributed by atoms with van der Waals surface area (Å²) >= 11 is 17.2. The van der Waals surface area contributed by atoms with E-state index in [1.54, 1.807) is 0 Å². The molecule has 0 saturated carbocycles.